The van der Waals surface area contributed by atoms with Crippen LogP contribution in [0.3, 0.4) is 0 Å². The van der Waals surface area contributed by atoms with E-state index < -0.39 is 5.97 Å². The van der Waals surface area contributed by atoms with Crippen LogP contribution < -0.4 is 0 Å². The van der Waals surface area contributed by atoms with Gasteiger partial charge in [0.15, 0.2) is 0 Å². The van der Waals surface area contributed by atoms with Crippen molar-refractivity contribution >= 4 is 11.8 Å². The Hall–Kier alpha value is -1.58. The number of ketones is 1. The van der Waals surface area contributed by atoms with Crippen LogP contribution in [-0.4, -0.2) is 18.4 Å². The highest BCUT2D eigenvalue weighted by Crippen LogP contribution is 2.32. The molecule has 0 radical (unpaired) electrons. The predicted molar refractivity (Wildman–Crippen MR) is 60.9 cm³/mol. The van der Waals surface area contributed by atoms with E-state index in [9.17, 15) is 9.59 Å². The predicted octanol–water partition coefficient (Wildman–Crippen LogP) is 2.68. The van der Waals surface area contributed by atoms with Crippen molar-refractivity contribution in [3.63, 3.8) is 0 Å². The van der Waals surface area contributed by atoms with Crippen molar-refractivity contribution in [3.05, 3.63) is 23.7 Å². The maximum Gasteiger partial charge on any atom is 0.374 e. The molecule has 1 atom stereocenters. The van der Waals surface area contributed by atoms with Gasteiger partial charge in [-0.05, 0) is 31.9 Å². The minimum Gasteiger partial charge on any atom is -0.460 e. The first-order valence-corrected chi connectivity index (χ1v) is 5.99. The number of hydrogen-bond donors (Lipinski definition) is 0. The molecule has 1 aliphatic rings. The summed E-state index contributed by atoms with van der Waals surface area (Å²) >= 11 is 0. The van der Waals surface area contributed by atoms with Crippen molar-refractivity contribution in [3.8, 4) is 0 Å². The van der Waals surface area contributed by atoms with E-state index in [1.807, 2.05) is 0 Å². The van der Waals surface area contributed by atoms with Crippen LogP contribution in [0, 0.1) is 0 Å². The molecule has 1 aromatic heterocycles. The maximum absolute atomic E-state index is 11.4. The smallest absolute Gasteiger partial charge is 0.374 e. The van der Waals surface area contributed by atoms with Crippen molar-refractivity contribution in [1.82, 2.24) is 0 Å². The van der Waals surface area contributed by atoms with Crippen LogP contribution in [0.1, 0.15) is 54.8 Å². The molecule has 1 saturated carbocycles. The molecule has 1 aromatic rings. The average molecular weight is 236 g/mol. The summed E-state index contributed by atoms with van der Waals surface area (Å²) in [5, 5.41) is 0. The van der Waals surface area contributed by atoms with Crippen LogP contribution in [-0.2, 0) is 9.53 Å². The van der Waals surface area contributed by atoms with Gasteiger partial charge in [0.25, 0.3) is 0 Å². The Kier molecular flexibility index (Phi) is 3.61. The van der Waals surface area contributed by atoms with Gasteiger partial charge in [0, 0.05) is 18.8 Å². The number of hydrogen-bond acceptors (Lipinski definition) is 4. The van der Waals surface area contributed by atoms with Gasteiger partial charge in [0.1, 0.15) is 11.5 Å². The Morgan fingerprint density at radius 1 is 1.53 bits per heavy atom. The summed E-state index contributed by atoms with van der Waals surface area (Å²) in [7, 11) is 0. The molecule has 2 rings (SSSR count). The zero-order chi connectivity index (χ0) is 12.3. The summed E-state index contributed by atoms with van der Waals surface area (Å²) in [5.41, 5.74) is 0. The highest BCUT2D eigenvalue weighted by atomic mass is 16.5. The molecule has 1 fully saturated rings. The van der Waals surface area contributed by atoms with Gasteiger partial charge in [0.05, 0.1) is 6.61 Å². The number of rotatable bonds is 3. The van der Waals surface area contributed by atoms with Crippen LogP contribution >= 0.6 is 0 Å². The lowest BCUT2D eigenvalue weighted by Crippen LogP contribution is -2.12. The maximum atomic E-state index is 11.4. The Bertz CT molecular complexity index is 419. The van der Waals surface area contributed by atoms with Crippen LogP contribution in [0.15, 0.2) is 16.5 Å². The van der Waals surface area contributed by atoms with E-state index >= 15 is 0 Å². The zero-order valence-electron chi connectivity index (χ0n) is 9.90. The summed E-state index contributed by atoms with van der Waals surface area (Å²) in [6, 6.07) is 3.39. The molecule has 0 aromatic carbocycles. The largest absolute Gasteiger partial charge is 0.460 e. The summed E-state index contributed by atoms with van der Waals surface area (Å²) in [6.45, 7) is 2.08. The average Bonchev–Trinajstić information content (AvgIpc) is 2.78. The van der Waals surface area contributed by atoms with Gasteiger partial charge in [0.2, 0.25) is 5.76 Å². The molecule has 0 unspecified atom stereocenters. The number of carbonyl (C=O) groups is 2. The molecule has 0 aliphatic heterocycles. The zero-order valence-corrected chi connectivity index (χ0v) is 9.90. The first-order valence-electron chi connectivity index (χ1n) is 5.99. The minimum absolute atomic E-state index is 0.124. The summed E-state index contributed by atoms with van der Waals surface area (Å²) in [6.07, 6.45) is 3.04. The molecule has 0 amide bonds. The highest BCUT2D eigenvalue weighted by molar-refractivity contribution is 5.86. The number of ether oxygens (including phenoxy) is 1. The van der Waals surface area contributed by atoms with E-state index in [0.717, 1.165) is 18.6 Å². The van der Waals surface area contributed by atoms with E-state index in [-0.39, 0.29) is 17.5 Å². The van der Waals surface area contributed by atoms with Crippen molar-refractivity contribution in [2.45, 2.75) is 38.5 Å². The number of esters is 1. The summed E-state index contributed by atoms with van der Waals surface area (Å²) in [5.74, 6) is 0.900. The highest BCUT2D eigenvalue weighted by Gasteiger charge is 2.24. The number of furan rings is 1. The van der Waals surface area contributed by atoms with Gasteiger partial charge in [-0.1, -0.05) is 0 Å². The molecule has 0 spiro atoms. The van der Waals surface area contributed by atoms with Crippen LogP contribution in [0.4, 0.5) is 0 Å². The lowest BCUT2D eigenvalue weighted by Gasteiger charge is -2.18. The Balaban J connectivity index is 2.07. The minimum atomic E-state index is -0.444. The topological polar surface area (TPSA) is 56.5 Å². The molecule has 4 nitrogen and oxygen atoms in total. The Morgan fingerprint density at radius 3 is 3.06 bits per heavy atom. The molecular weight excluding hydrogens is 220 g/mol. The third-order valence-corrected chi connectivity index (χ3v) is 2.99. The fraction of sp³-hybridized carbons (Fsp3) is 0.538. The van der Waals surface area contributed by atoms with Gasteiger partial charge >= 0.3 is 5.97 Å². The first-order chi connectivity index (χ1) is 8.20. The van der Waals surface area contributed by atoms with Gasteiger partial charge in [-0.2, -0.15) is 0 Å². The molecule has 1 heterocycles. The number of carbonyl (C=O) groups excluding carboxylic acids is 2. The fourth-order valence-electron chi connectivity index (χ4n) is 2.15. The van der Waals surface area contributed by atoms with Crippen molar-refractivity contribution in [2.24, 2.45) is 0 Å². The second kappa shape index (κ2) is 5.17. The third kappa shape index (κ3) is 2.75. The quantitative estimate of drug-likeness (QED) is 0.757. The molecule has 0 N–H and O–H groups in total. The standard InChI is InChI=1S/C13H16O4/c1-2-16-13(15)12-7-6-11(17-12)9-4-3-5-10(14)8-9/h6-7,9H,2-5,8H2,1H3/t9-/m0/s1. The van der Waals surface area contributed by atoms with Crippen LogP contribution in [0.5, 0.6) is 0 Å². The van der Waals surface area contributed by atoms with Crippen molar-refractivity contribution in [2.75, 3.05) is 6.61 Å². The monoisotopic (exact) mass is 236 g/mol. The first kappa shape index (κ1) is 11.9. The van der Waals surface area contributed by atoms with Gasteiger partial charge < -0.3 is 9.15 Å². The van der Waals surface area contributed by atoms with E-state index in [4.69, 9.17) is 9.15 Å². The third-order valence-electron chi connectivity index (χ3n) is 2.99. The Labute approximate surface area is 99.9 Å². The second-order valence-corrected chi connectivity index (χ2v) is 4.25. The Morgan fingerprint density at radius 2 is 2.35 bits per heavy atom. The second-order valence-electron chi connectivity index (χ2n) is 4.25. The molecule has 92 valence electrons. The fourth-order valence-corrected chi connectivity index (χ4v) is 2.15. The summed E-state index contributed by atoms with van der Waals surface area (Å²) in [4.78, 5) is 22.8. The number of Topliss-reactive ketones (excluding diaryl/α,β-unsaturated/α-hetero) is 1. The van der Waals surface area contributed by atoms with Crippen molar-refractivity contribution < 1.29 is 18.7 Å². The normalized spacial score (nSPS) is 20.3. The lowest BCUT2D eigenvalue weighted by atomic mass is 9.87. The molecular formula is C13H16O4. The van der Waals surface area contributed by atoms with Gasteiger partial charge in [-0.25, -0.2) is 4.79 Å². The van der Waals surface area contributed by atoms with E-state index in [1.165, 1.54) is 0 Å². The lowest BCUT2D eigenvalue weighted by molar-refractivity contribution is -0.120. The SMILES string of the molecule is CCOC(=O)c1ccc([C@H]2CCCC(=O)C2)o1. The molecule has 17 heavy (non-hydrogen) atoms. The van der Waals surface area contributed by atoms with E-state index in [2.05, 4.69) is 0 Å². The van der Waals surface area contributed by atoms with Gasteiger partial charge in [-0.15, -0.1) is 0 Å². The van der Waals surface area contributed by atoms with Gasteiger partial charge in [-0.3, -0.25) is 4.79 Å². The van der Waals surface area contributed by atoms with Crippen molar-refractivity contribution in [1.29, 1.82) is 0 Å². The van der Waals surface area contributed by atoms with Crippen LogP contribution in [0.25, 0.3) is 0 Å². The summed E-state index contributed by atoms with van der Waals surface area (Å²) < 4.78 is 10.3. The molecule has 1 aliphatic carbocycles. The molecule has 0 bridgehead atoms. The molecule has 4 heteroatoms. The van der Waals surface area contributed by atoms with Crippen LogP contribution in [0.2, 0.25) is 0 Å². The van der Waals surface area contributed by atoms with E-state index in [1.54, 1.807) is 19.1 Å². The molecule has 0 saturated heterocycles. The van der Waals surface area contributed by atoms with E-state index in [0.29, 0.717) is 19.4 Å².